The van der Waals surface area contributed by atoms with Gasteiger partial charge in [0.2, 0.25) is 5.82 Å². The lowest BCUT2D eigenvalue weighted by Gasteiger charge is -2.29. The molecule has 0 amide bonds. The van der Waals surface area contributed by atoms with E-state index in [0.717, 1.165) is 15.5 Å². The van der Waals surface area contributed by atoms with E-state index in [1.165, 1.54) is 6.33 Å². The van der Waals surface area contributed by atoms with Crippen molar-refractivity contribution in [3.05, 3.63) is 42.2 Å². The molecule has 1 aromatic carbocycles. The number of rotatable bonds is 1. The smallest absolute Gasteiger partial charge is 0.347 e. The van der Waals surface area contributed by atoms with E-state index >= 15 is 0 Å². The van der Waals surface area contributed by atoms with Crippen LogP contribution in [0.1, 0.15) is 11.6 Å². The van der Waals surface area contributed by atoms with Gasteiger partial charge in [-0.1, -0.05) is 12.1 Å². The molecule has 0 aliphatic carbocycles. The van der Waals surface area contributed by atoms with Crippen LogP contribution in [-0.2, 0) is 19.3 Å². The van der Waals surface area contributed by atoms with Crippen molar-refractivity contribution in [3.63, 3.8) is 0 Å². The second-order valence-electron chi connectivity index (χ2n) is 5.23. The quantitative estimate of drug-likeness (QED) is 0.688. The summed E-state index contributed by atoms with van der Waals surface area (Å²) in [7, 11) is 0. The highest BCUT2D eigenvalue weighted by Gasteiger charge is 2.39. The number of aromatic nitrogens is 5. The highest BCUT2D eigenvalue weighted by molar-refractivity contribution is 5.89. The lowest BCUT2D eigenvalue weighted by atomic mass is 10.2. The van der Waals surface area contributed by atoms with Gasteiger partial charge >= 0.3 is 6.18 Å². The predicted octanol–water partition coefficient (Wildman–Crippen LogP) is 2.26. The van der Waals surface area contributed by atoms with Crippen LogP contribution in [0.4, 0.5) is 19.0 Å². The topological polar surface area (TPSA) is 59.7 Å². The number of anilines is 1. The van der Waals surface area contributed by atoms with Crippen LogP contribution < -0.4 is 4.90 Å². The fourth-order valence-electron chi connectivity index (χ4n) is 2.79. The minimum Gasteiger partial charge on any atom is -0.347 e. The van der Waals surface area contributed by atoms with Crippen molar-refractivity contribution in [2.24, 2.45) is 0 Å². The van der Waals surface area contributed by atoms with E-state index in [2.05, 4.69) is 20.2 Å². The zero-order valence-corrected chi connectivity index (χ0v) is 11.8. The summed E-state index contributed by atoms with van der Waals surface area (Å²) in [6, 6.07) is 7.52. The molecule has 0 atom stereocenters. The molecule has 0 bridgehead atoms. The summed E-state index contributed by atoms with van der Waals surface area (Å²) < 4.78 is 39.8. The summed E-state index contributed by atoms with van der Waals surface area (Å²) >= 11 is 0. The molecule has 0 saturated carbocycles. The van der Waals surface area contributed by atoms with Crippen LogP contribution >= 0.6 is 0 Å². The number of halogens is 3. The molecule has 1 aliphatic heterocycles. The van der Waals surface area contributed by atoms with Crippen LogP contribution in [0.5, 0.6) is 0 Å². The molecule has 9 heteroatoms. The number of benzene rings is 1. The third kappa shape index (κ3) is 2.28. The number of para-hydroxylation sites is 1. The van der Waals surface area contributed by atoms with Crippen LogP contribution in [0.25, 0.3) is 10.9 Å². The van der Waals surface area contributed by atoms with Gasteiger partial charge < -0.3 is 9.47 Å². The lowest BCUT2D eigenvalue weighted by molar-refractivity contribution is -0.147. The monoisotopic (exact) mass is 320 g/mol. The highest BCUT2D eigenvalue weighted by atomic mass is 19.4. The molecule has 118 valence electrons. The summed E-state index contributed by atoms with van der Waals surface area (Å²) in [4.78, 5) is 10.4. The zero-order valence-electron chi connectivity index (χ0n) is 11.8. The first kappa shape index (κ1) is 13.9. The standard InChI is InChI=1S/C14H11F3N6/c15-14(16,17)13-21-20-11-7-22(5-6-23(11)13)12-9-3-1-2-4-10(9)18-8-19-12/h1-4,8H,5-7H2. The van der Waals surface area contributed by atoms with Gasteiger partial charge in [0.05, 0.1) is 12.1 Å². The fraction of sp³-hybridized carbons (Fsp3) is 0.286. The predicted molar refractivity (Wildman–Crippen MR) is 75.6 cm³/mol. The Balaban J connectivity index is 1.72. The Hall–Kier alpha value is -2.71. The van der Waals surface area contributed by atoms with Gasteiger partial charge in [-0.05, 0) is 12.1 Å². The molecular weight excluding hydrogens is 309 g/mol. The number of fused-ring (bicyclic) bond motifs is 2. The molecule has 6 nitrogen and oxygen atoms in total. The third-order valence-corrected chi connectivity index (χ3v) is 3.83. The molecule has 1 aliphatic rings. The maximum Gasteiger partial charge on any atom is 0.451 e. The Kier molecular flexibility index (Phi) is 2.97. The van der Waals surface area contributed by atoms with Crippen LogP contribution in [0, 0.1) is 0 Å². The van der Waals surface area contributed by atoms with Crippen LogP contribution in [0.2, 0.25) is 0 Å². The molecule has 23 heavy (non-hydrogen) atoms. The Morgan fingerprint density at radius 2 is 1.83 bits per heavy atom. The molecule has 2 aromatic heterocycles. The van der Waals surface area contributed by atoms with Gasteiger partial charge in [-0.15, -0.1) is 10.2 Å². The van der Waals surface area contributed by atoms with E-state index < -0.39 is 12.0 Å². The molecule has 0 radical (unpaired) electrons. The first-order valence-corrected chi connectivity index (χ1v) is 6.98. The lowest BCUT2D eigenvalue weighted by Crippen LogP contribution is -2.36. The van der Waals surface area contributed by atoms with Crippen molar-refractivity contribution in [3.8, 4) is 0 Å². The molecule has 0 unspecified atom stereocenters. The van der Waals surface area contributed by atoms with Gasteiger partial charge in [0, 0.05) is 18.5 Å². The second-order valence-corrected chi connectivity index (χ2v) is 5.23. The average Bonchev–Trinajstić information content (AvgIpc) is 2.97. The minimum atomic E-state index is -4.49. The van der Waals surface area contributed by atoms with E-state index in [9.17, 15) is 13.2 Å². The molecule has 0 fully saturated rings. The largest absolute Gasteiger partial charge is 0.451 e. The van der Waals surface area contributed by atoms with Gasteiger partial charge in [0.25, 0.3) is 0 Å². The van der Waals surface area contributed by atoms with E-state index in [4.69, 9.17) is 0 Å². The average molecular weight is 320 g/mol. The summed E-state index contributed by atoms with van der Waals surface area (Å²) in [5, 5.41) is 7.84. The number of hydrogen-bond acceptors (Lipinski definition) is 5. The maximum atomic E-state index is 12.9. The van der Waals surface area contributed by atoms with Gasteiger partial charge in [-0.3, -0.25) is 0 Å². The van der Waals surface area contributed by atoms with E-state index in [1.807, 2.05) is 29.2 Å². The number of alkyl halides is 3. The van der Waals surface area contributed by atoms with Crippen LogP contribution in [0.15, 0.2) is 30.6 Å². The summed E-state index contributed by atoms with van der Waals surface area (Å²) in [6.07, 6.45) is -3.03. The Morgan fingerprint density at radius 3 is 2.65 bits per heavy atom. The van der Waals surface area contributed by atoms with E-state index in [-0.39, 0.29) is 18.9 Å². The van der Waals surface area contributed by atoms with Crippen molar-refractivity contribution < 1.29 is 13.2 Å². The minimum absolute atomic E-state index is 0.162. The zero-order chi connectivity index (χ0) is 16.0. The number of hydrogen-bond donors (Lipinski definition) is 0. The molecular formula is C14H11F3N6. The van der Waals surface area contributed by atoms with Crippen molar-refractivity contribution in [2.45, 2.75) is 19.3 Å². The summed E-state index contributed by atoms with van der Waals surface area (Å²) in [5.41, 5.74) is 0.792. The van der Waals surface area contributed by atoms with Crippen molar-refractivity contribution >= 4 is 16.7 Å². The van der Waals surface area contributed by atoms with Crippen LogP contribution in [0.3, 0.4) is 0 Å². The SMILES string of the molecule is FC(F)(F)c1nnc2n1CCN(c1ncnc3ccccc13)C2. The van der Waals surface area contributed by atoms with E-state index in [1.54, 1.807) is 0 Å². The maximum absolute atomic E-state index is 12.9. The van der Waals surface area contributed by atoms with Gasteiger partial charge in [-0.25, -0.2) is 9.97 Å². The molecule has 0 saturated heterocycles. The Morgan fingerprint density at radius 1 is 1.00 bits per heavy atom. The molecule has 0 spiro atoms. The summed E-state index contributed by atoms with van der Waals surface area (Å²) in [5.74, 6) is 0.0318. The van der Waals surface area contributed by atoms with Crippen molar-refractivity contribution in [1.29, 1.82) is 0 Å². The molecule has 3 aromatic rings. The van der Waals surface area contributed by atoms with Crippen LogP contribution in [-0.4, -0.2) is 31.3 Å². The first-order valence-electron chi connectivity index (χ1n) is 6.98. The van der Waals surface area contributed by atoms with Crippen molar-refractivity contribution in [2.75, 3.05) is 11.4 Å². The molecule has 0 N–H and O–H groups in total. The second kappa shape index (κ2) is 4.90. The Labute approximate surface area is 128 Å². The third-order valence-electron chi connectivity index (χ3n) is 3.83. The summed E-state index contributed by atoms with van der Waals surface area (Å²) in [6.45, 7) is 0.786. The molecule has 3 heterocycles. The van der Waals surface area contributed by atoms with Gasteiger partial charge in [0.15, 0.2) is 5.82 Å². The van der Waals surface area contributed by atoms with E-state index in [0.29, 0.717) is 12.4 Å². The Bertz CT molecular complexity index is 867. The van der Waals surface area contributed by atoms with Crippen molar-refractivity contribution in [1.82, 2.24) is 24.7 Å². The first-order chi connectivity index (χ1) is 11.0. The normalized spacial score (nSPS) is 15.0. The molecule has 4 rings (SSSR count). The highest BCUT2D eigenvalue weighted by Crippen LogP contribution is 2.31. The fourth-order valence-corrected chi connectivity index (χ4v) is 2.79. The number of nitrogens with zero attached hydrogens (tertiary/aromatic N) is 6. The van der Waals surface area contributed by atoms with Gasteiger partial charge in [-0.2, -0.15) is 13.2 Å². The van der Waals surface area contributed by atoms with Gasteiger partial charge in [0.1, 0.15) is 12.1 Å².